The van der Waals surface area contributed by atoms with Crippen molar-refractivity contribution in [1.29, 1.82) is 0 Å². The number of hydrogen-bond acceptors (Lipinski definition) is 4. The van der Waals surface area contributed by atoms with Crippen molar-refractivity contribution in [3.63, 3.8) is 0 Å². The number of para-hydroxylation sites is 1. The molecule has 7 heteroatoms. The third kappa shape index (κ3) is 4.13. The van der Waals surface area contributed by atoms with Gasteiger partial charge >= 0.3 is 0 Å². The molecular formula is C19H19N5O2. The van der Waals surface area contributed by atoms with Gasteiger partial charge in [0, 0.05) is 5.69 Å². The molecule has 0 aliphatic rings. The highest BCUT2D eigenvalue weighted by Crippen LogP contribution is 2.17. The summed E-state index contributed by atoms with van der Waals surface area (Å²) < 4.78 is 1.44. The number of aromatic nitrogens is 3. The molecule has 3 aromatic rings. The van der Waals surface area contributed by atoms with Crippen LogP contribution < -0.4 is 10.6 Å². The van der Waals surface area contributed by atoms with E-state index in [1.807, 2.05) is 36.4 Å². The summed E-state index contributed by atoms with van der Waals surface area (Å²) in [5, 5.41) is 9.61. The number of benzene rings is 2. The van der Waals surface area contributed by atoms with Crippen LogP contribution >= 0.6 is 0 Å². The van der Waals surface area contributed by atoms with Gasteiger partial charge in [0.25, 0.3) is 5.91 Å². The Morgan fingerprint density at radius 2 is 1.62 bits per heavy atom. The van der Waals surface area contributed by atoms with Gasteiger partial charge in [-0.1, -0.05) is 48.5 Å². The van der Waals surface area contributed by atoms with E-state index in [0.717, 1.165) is 0 Å². The SMILES string of the molecule is CC(C(=O)NC(C(=O)Nc1ccccc1)c1ccccc1)n1cncn1. The second-order valence-corrected chi connectivity index (χ2v) is 5.76. The number of nitrogens with zero attached hydrogens (tertiary/aromatic N) is 3. The third-order valence-corrected chi connectivity index (χ3v) is 3.94. The van der Waals surface area contributed by atoms with Crippen molar-refractivity contribution in [3.8, 4) is 0 Å². The van der Waals surface area contributed by atoms with Crippen LogP contribution in [0.3, 0.4) is 0 Å². The molecule has 2 unspecified atom stereocenters. The molecule has 2 N–H and O–H groups in total. The summed E-state index contributed by atoms with van der Waals surface area (Å²) in [6, 6.07) is 16.8. The first-order valence-corrected chi connectivity index (χ1v) is 8.20. The molecule has 0 fully saturated rings. The van der Waals surface area contributed by atoms with Crippen LogP contribution in [0, 0.1) is 0 Å². The summed E-state index contributed by atoms with van der Waals surface area (Å²) in [5.74, 6) is -0.644. The standard InChI is InChI=1S/C19H19N5O2/c1-14(24-13-20-12-21-24)18(25)23-17(15-8-4-2-5-9-15)19(26)22-16-10-6-3-7-11-16/h2-14,17H,1H3,(H,22,26)(H,23,25). The van der Waals surface area contributed by atoms with Crippen LogP contribution in [0.25, 0.3) is 0 Å². The van der Waals surface area contributed by atoms with Crippen molar-refractivity contribution < 1.29 is 9.59 Å². The van der Waals surface area contributed by atoms with E-state index in [1.54, 1.807) is 31.2 Å². The van der Waals surface area contributed by atoms with Gasteiger partial charge in [-0.15, -0.1) is 0 Å². The molecular weight excluding hydrogens is 330 g/mol. The number of anilines is 1. The zero-order chi connectivity index (χ0) is 18.4. The summed E-state index contributed by atoms with van der Waals surface area (Å²) in [4.78, 5) is 29.2. The van der Waals surface area contributed by atoms with Crippen molar-refractivity contribution in [1.82, 2.24) is 20.1 Å². The maximum atomic E-state index is 12.8. The smallest absolute Gasteiger partial charge is 0.251 e. The van der Waals surface area contributed by atoms with Crippen LogP contribution in [0.4, 0.5) is 5.69 Å². The summed E-state index contributed by atoms with van der Waals surface area (Å²) in [6.07, 6.45) is 2.83. The first-order valence-electron chi connectivity index (χ1n) is 8.20. The summed E-state index contributed by atoms with van der Waals surface area (Å²) in [6.45, 7) is 1.70. The molecule has 26 heavy (non-hydrogen) atoms. The monoisotopic (exact) mass is 349 g/mol. The molecule has 0 radical (unpaired) electrons. The van der Waals surface area contributed by atoms with E-state index in [0.29, 0.717) is 11.3 Å². The van der Waals surface area contributed by atoms with E-state index >= 15 is 0 Å². The Bertz CT molecular complexity index is 850. The number of amides is 2. The van der Waals surface area contributed by atoms with Crippen LogP contribution in [0.2, 0.25) is 0 Å². The topological polar surface area (TPSA) is 88.9 Å². The lowest BCUT2D eigenvalue weighted by Gasteiger charge is -2.21. The van der Waals surface area contributed by atoms with Crippen molar-refractivity contribution in [2.45, 2.75) is 19.0 Å². The van der Waals surface area contributed by atoms with Gasteiger partial charge in [-0.3, -0.25) is 9.59 Å². The van der Waals surface area contributed by atoms with Crippen molar-refractivity contribution in [2.75, 3.05) is 5.32 Å². The summed E-state index contributed by atoms with van der Waals surface area (Å²) in [5.41, 5.74) is 1.36. The Hall–Kier alpha value is -3.48. The van der Waals surface area contributed by atoms with Gasteiger partial charge in [0.2, 0.25) is 5.91 Å². The van der Waals surface area contributed by atoms with Crippen LogP contribution in [-0.2, 0) is 9.59 Å². The number of nitrogens with one attached hydrogen (secondary N) is 2. The minimum atomic E-state index is -0.824. The van der Waals surface area contributed by atoms with E-state index in [-0.39, 0.29) is 11.8 Å². The minimum absolute atomic E-state index is 0.318. The molecule has 0 aliphatic carbocycles. The van der Waals surface area contributed by atoms with Crippen molar-refractivity contribution >= 4 is 17.5 Å². The zero-order valence-corrected chi connectivity index (χ0v) is 14.2. The lowest BCUT2D eigenvalue weighted by atomic mass is 10.1. The van der Waals surface area contributed by atoms with Gasteiger partial charge < -0.3 is 10.6 Å². The fourth-order valence-electron chi connectivity index (χ4n) is 2.48. The van der Waals surface area contributed by atoms with E-state index in [4.69, 9.17) is 0 Å². The largest absolute Gasteiger partial charge is 0.339 e. The molecule has 7 nitrogen and oxygen atoms in total. The molecule has 132 valence electrons. The van der Waals surface area contributed by atoms with Gasteiger partial charge in [0.1, 0.15) is 24.7 Å². The molecule has 0 spiro atoms. The predicted molar refractivity (Wildman–Crippen MR) is 97.1 cm³/mol. The Morgan fingerprint density at radius 1 is 0.962 bits per heavy atom. The van der Waals surface area contributed by atoms with E-state index < -0.39 is 12.1 Å². The molecule has 0 saturated carbocycles. The van der Waals surface area contributed by atoms with Crippen molar-refractivity contribution in [2.24, 2.45) is 0 Å². The number of hydrogen-bond donors (Lipinski definition) is 2. The van der Waals surface area contributed by atoms with E-state index in [9.17, 15) is 9.59 Å². The highest BCUT2D eigenvalue weighted by atomic mass is 16.2. The lowest BCUT2D eigenvalue weighted by molar-refractivity contribution is -0.128. The second-order valence-electron chi connectivity index (χ2n) is 5.76. The van der Waals surface area contributed by atoms with E-state index in [1.165, 1.54) is 17.3 Å². The van der Waals surface area contributed by atoms with Gasteiger partial charge in [0.15, 0.2) is 0 Å². The fraction of sp³-hybridized carbons (Fsp3) is 0.158. The van der Waals surface area contributed by atoms with E-state index in [2.05, 4.69) is 20.7 Å². The maximum absolute atomic E-state index is 12.8. The molecule has 1 aromatic heterocycles. The van der Waals surface area contributed by atoms with Crippen LogP contribution in [0.15, 0.2) is 73.3 Å². The molecule has 2 aromatic carbocycles. The average molecular weight is 349 g/mol. The molecule has 0 bridgehead atoms. The average Bonchev–Trinajstić information content (AvgIpc) is 3.21. The molecule has 1 heterocycles. The highest BCUT2D eigenvalue weighted by Gasteiger charge is 2.26. The van der Waals surface area contributed by atoms with Crippen LogP contribution in [0.5, 0.6) is 0 Å². The molecule has 3 rings (SSSR count). The minimum Gasteiger partial charge on any atom is -0.339 e. The quantitative estimate of drug-likeness (QED) is 0.715. The molecule has 0 saturated heterocycles. The second kappa shape index (κ2) is 8.06. The third-order valence-electron chi connectivity index (χ3n) is 3.94. The Labute approximate surface area is 151 Å². The van der Waals surface area contributed by atoms with Crippen LogP contribution in [0.1, 0.15) is 24.6 Å². The zero-order valence-electron chi connectivity index (χ0n) is 14.2. The predicted octanol–water partition coefficient (Wildman–Crippen LogP) is 2.34. The first kappa shape index (κ1) is 17.3. The molecule has 2 amide bonds. The lowest BCUT2D eigenvalue weighted by Crippen LogP contribution is -2.40. The van der Waals surface area contributed by atoms with Gasteiger partial charge in [-0.25, -0.2) is 9.67 Å². The fourth-order valence-corrected chi connectivity index (χ4v) is 2.48. The van der Waals surface area contributed by atoms with Crippen LogP contribution in [-0.4, -0.2) is 26.6 Å². The summed E-state index contributed by atoms with van der Waals surface area (Å²) in [7, 11) is 0. The Morgan fingerprint density at radius 3 is 2.23 bits per heavy atom. The number of carbonyl (C=O) groups excluding carboxylic acids is 2. The summed E-state index contributed by atoms with van der Waals surface area (Å²) >= 11 is 0. The van der Waals surface area contributed by atoms with Gasteiger partial charge in [-0.05, 0) is 24.6 Å². The van der Waals surface area contributed by atoms with Gasteiger partial charge in [0.05, 0.1) is 0 Å². The molecule has 2 atom stereocenters. The normalized spacial score (nSPS) is 12.8. The Balaban J connectivity index is 1.79. The maximum Gasteiger partial charge on any atom is 0.251 e. The number of carbonyl (C=O) groups is 2. The first-order chi connectivity index (χ1) is 12.6. The molecule has 0 aliphatic heterocycles. The Kier molecular flexibility index (Phi) is 5.38. The van der Waals surface area contributed by atoms with Crippen molar-refractivity contribution in [3.05, 3.63) is 78.9 Å². The number of rotatable bonds is 6. The van der Waals surface area contributed by atoms with Gasteiger partial charge in [-0.2, -0.15) is 5.10 Å². The highest BCUT2D eigenvalue weighted by molar-refractivity contribution is 5.98.